The van der Waals surface area contributed by atoms with Gasteiger partial charge in [0.15, 0.2) is 0 Å². The van der Waals surface area contributed by atoms with Crippen molar-refractivity contribution in [2.75, 3.05) is 6.61 Å². The van der Waals surface area contributed by atoms with Crippen LogP contribution in [0.5, 0.6) is 5.75 Å². The Morgan fingerprint density at radius 3 is 2.61 bits per heavy atom. The zero-order valence-electron chi connectivity index (χ0n) is 11.1. The van der Waals surface area contributed by atoms with E-state index in [1.807, 2.05) is 12.1 Å². The van der Waals surface area contributed by atoms with Crippen molar-refractivity contribution in [3.05, 3.63) is 40.9 Å². The molecule has 2 nitrogen and oxygen atoms in total. The fourth-order valence-corrected chi connectivity index (χ4v) is 1.74. The smallest absolute Gasteiger partial charge is 0.124 e. The molecule has 0 saturated carbocycles. The van der Waals surface area contributed by atoms with Gasteiger partial charge in [0.2, 0.25) is 0 Å². The molecular formula is C14H21BrClNO. The third-order valence-corrected chi connectivity index (χ3v) is 2.68. The predicted molar refractivity (Wildman–Crippen MR) is 83.7 cm³/mol. The minimum Gasteiger partial charge on any atom is -0.489 e. The first kappa shape index (κ1) is 17.5. The molecule has 18 heavy (non-hydrogen) atoms. The molecule has 0 spiro atoms. The lowest BCUT2D eigenvalue weighted by Gasteiger charge is -2.21. The maximum atomic E-state index is 5.63. The largest absolute Gasteiger partial charge is 0.489 e. The number of halogens is 2. The Labute approximate surface area is 124 Å². The van der Waals surface area contributed by atoms with E-state index < -0.39 is 0 Å². The van der Waals surface area contributed by atoms with E-state index in [4.69, 9.17) is 4.74 Å². The second-order valence-electron chi connectivity index (χ2n) is 4.96. The minimum atomic E-state index is 0. The Morgan fingerprint density at radius 2 is 2.06 bits per heavy atom. The zero-order chi connectivity index (χ0) is 12.9. The monoisotopic (exact) mass is 333 g/mol. The molecule has 1 aromatic rings. The molecular weight excluding hydrogens is 314 g/mol. The summed E-state index contributed by atoms with van der Waals surface area (Å²) in [5.41, 5.74) is 1.24. The highest BCUT2D eigenvalue weighted by Crippen LogP contribution is 2.23. The third-order valence-electron chi connectivity index (χ3n) is 2.19. The lowest BCUT2D eigenvalue weighted by atomic mass is 10.1. The first-order chi connectivity index (χ1) is 7.92. The van der Waals surface area contributed by atoms with Crippen LogP contribution >= 0.6 is 28.3 Å². The Kier molecular flexibility index (Phi) is 7.60. The highest BCUT2D eigenvalue weighted by molar-refractivity contribution is 9.10. The molecule has 0 bridgehead atoms. The molecule has 0 amide bonds. The first-order valence-electron chi connectivity index (χ1n) is 5.69. The van der Waals surface area contributed by atoms with Gasteiger partial charge >= 0.3 is 0 Å². The number of hydrogen-bond donors (Lipinski definition) is 1. The van der Waals surface area contributed by atoms with Gasteiger partial charge in [-0.25, -0.2) is 0 Å². The van der Waals surface area contributed by atoms with Crippen LogP contribution in [0.2, 0.25) is 0 Å². The molecule has 1 N–H and O–H groups in total. The van der Waals surface area contributed by atoms with Crippen LogP contribution in [-0.4, -0.2) is 12.1 Å². The van der Waals surface area contributed by atoms with E-state index in [1.54, 1.807) is 6.08 Å². The Morgan fingerprint density at radius 1 is 1.39 bits per heavy atom. The average Bonchev–Trinajstić information content (AvgIpc) is 2.24. The quantitative estimate of drug-likeness (QED) is 0.810. The highest BCUT2D eigenvalue weighted by atomic mass is 79.9. The number of ether oxygens (including phenoxy) is 1. The summed E-state index contributed by atoms with van der Waals surface area (Å²) in [7, 11) is 0. The summed E-state index contributed by atoms with van der Waals surface area (Å²) in [4.78, 5) is 0. The lowest BCUT2D eigenvalue weighted by Crippen LogP contribution is -2.35. The zero-order valence-corrected chi connectivity index (χ0v) is 13.5. The van der Waals surface area contributed by atoms with Crippen LogP contribution in [0.1, 0.15) is 26.3 Å². The van der Waals surface area contributed by atoms with E-state index in [1.165, 1.54) is 0 Å². The molecule has 102 valence electrons. The van der Waals surface area contributed by atoms with Crippen molar-refractivity contribution >= 4 is 28.3 Å². The fourth-order valence-electron chi connectivity index (χ4n) is 1.34. The van der Waals surface area contributed by atoms with Gasteiger partial charge in [-0.05, 0) is 39.0 Å². The van der Waals surface area contributed by atoms with Crippen molar-refractivity contribution < 1.29 is 4.74 Å². The van der Waals surface area contributed by atoms with Crippen LogP contribution < -0.4 is 10.1 Å². The van der Waals surface area contributed by atoms with Gasteiger partial charge < -0.3 is 10.1 Å². The molecule has 0 unspecified atom stereocenters. The van der Waals surface area contributed by atoms with Crippen molar-refractivity contribution in [3.8, 4) is 5.75 Å². The topological polar surface area (TPSA) is 21.3 Å². The van der Waals surface area contributed by atoms with Crippen molar-refractivity contribution in [1.82, 2.24) is 5.32 Å². The maximum Gasteiger partial charge on any atom is 0.124 e. The fraction of sp³-hybridized carbons (Fsp3) is 0.429. The minimum absolute atomic E-state index is 0. The number of benzene rings is 1. The summed E-state index contributed by atoms with van der Waals surface area (Å²) in [6.07, 6.45) is 1.75. The normalized spacial score (nSPS) is 10.7. The standard InChI is InChI=1S/C14H20BrNO.ClH/c1-5-8-17-13-7-6-12(15)9-11(13)10-16-14(2,3)4;/h5-7,9,16H,1,8,10H2,2-4H3;1H. The van der Waals surface area contributed by atoms with Gasteiger partial charge in [0.05, 0.1) is 0 Å². The Balaban J connectivity index is 0.00000289. The summed E-state index contributed by atoms with van der Waals surface area (Å²) in [5.74, 6) is 0.907. The highest BCUT2D eigenvalue weighted by Gasteiger charge is 2.11. The van der Waals surface area contributed by atoms with Crippen LogP contribution in [-0.2, 0) is 6.54 Å². The van der Waals surface area contributed by atoms with Gasteiger partial charge in [-0.1, -0.05) is 28.6 Å². The molecule has 0 aromatic heterocycles. The molecule has 0 radical (unpaired) electrons. The molecule has 0 saturated heterocycles. The molecule has 0 aliphatic rings. The van der Waals surface area contributed by atoms with Gasteiger partial charge in [0.25, 0.3) is 0 Å². The Bertz CT molecular complexity index is 388. The number of rotatable bonds is 5. The summed E-state index contributed by atoms with van der Waals surface area (Å²) < 4.78 is 6.69. The molecule has 1 aromatic carbocycles. The molecule has 1 rings (SSSR count). The van der Waals surface area contributed by atoms with Gasteiger partial charge in [-0.2, -0.15) is 0 Å². The van der Waals surface area contributed by atoms with Gasteiger partial charge in [0, 0.05) is 22.1 Å². The summed E-state index contributed by atoms with van der Waals surface area (Å²) in [5, 5.41) is 3.46. The van der Waals surface area contributed by atoms with E-state index in [-0.39, 0.29) is 17.9 Å². The van der Waals surface area contributed by atoms with Gasteiger partial charge in [0.1, 0.15) is 12.4 Å². The van der Waals surface area contributed by atoms with Crippen LogP contribution in [0.3, 0.4) is 0 Å². The second kappa shape index (κ2) is 7.82. The van der Waals surface area contributed by atoms with E-state index in [9.17, 15) is 0 Å². The number of hydrogen-bond acceptors (Lipinski definition) is 2. The van der Waals surface area contributed by atoms with Crippen LogP contribution in [0, 0.1) is 0 Å². The van der Waals surface area contributed by atoms with Crippen molar-refractivity contribution in [2.45, 2.75) is 32.9 Å². The van der Waals surface area contributed by atoms with Crippen LogP contribution in [0.15, 0.2) is 35.3 Å². The summed E-state index contributed by atoms with van der Waals surface area (Å²) >= 11 is 3.48. The summed E-state index contributed by atoms with van der Waals surface area (Å²) in [6.45, 7) is 11.4. The van der Waals surface area contributed by atoms with E-state index in [0.29, 0.717) is 6.61 Å². The SMILES string of the molecule is C=CCOc1ccc(Br)cc1CNC(C)(C)C.Cl. The summed E-state index contributed by atoms with van der Waals surface area (Å²) in [6, 6.07) is 6.05. The maximum absolute atomic E-state index is 5.63. The van der Waals surface area contributed by atoms with Crippen molar-refractivity contribution in [1.29, 1.82) is 0 Å². The molecule has 0 aliphatic heterocycles. The molecule has 0 heterocycles. The third kappa shape index (κ3) is 6.43. The van der Waals surface area contributed by atoms with Gasteiger partial charge in [-0.15, -0.1) is 12.4 Å². The average molecular weight is 335 g/mol. The molecule has 0 fully saturated rings. The first-order valence-corrected chi connectivity index (χ1v) is 6.49. The molecule has 0 atom stereocenters. The molecule has 0 aliphatic carbocycles. The van der Waals surface area contributed by atoms with E-state index in [2.05, 4.69) is 54.7 Å². The lowest BCUT2D eigenvalue weighted by molar-refractivity contribution is 0.352. The van der Waals surface area contributed by atoms with Crippen LogP contribution in [0.25, 0.3) is 0 Å². The Hall–Kier alpha value is -0.510. The van der Waals surface area contributed by atoms with E-state index >= 15 is 0 Å². The second-order valence-corrected chi connectivity index (χ2v) is 5.87. The van der Waals surface area contributed by atoms with Crippen molar-refractivity contribution in [2.24, 2.45) is 0 Å². The number of nitrogens with one attached hydrogen (secondary N) is 1. The predicted octanol–water partition coefficient (Wildman–Crippen LogP) is 4.32. The van der Waals surface area contributed by atoms with Crippen molar-refractivity contribution in [3.63, 3.8) is 0 Å². The van der Waals surface area contributed by atoms with E-state index in [0.717, 1.165) is 22.3 Å². The molecule has 4 heteroatoms. The van der Waals surface area contributed by atoms with Gasteiger partial charge in [-0.3, -0.25) is 0 Å². The van der Waals surface area contributed by atoms with Crippen LogP contribution in [0.4, 0.5) is 0 Å².